The van der Waals surface area contributed by atoms with Crippen LogP contribution in [0.4, 0.5) is 10.1 Å². The molecule has 3 rings (SSSR count). The highest BCUT2D eigenvalue weighted by Gasteiger charge is 2.30. The van der Waals surface area contributed by atoms with E-state index in [1.807, 2.05) is 17.5 Å². The molecular formula is C15H16FN3O3S. The Kier molecular flexibility index (Phi) is 4.56. The fourth-order valence-corrected chi connectivity index (χ4v) is 3.71. The molecule has 2 aromatic rings. The number of nitrogens with zero attached hydrogens (tertiary/aromatic N) is 2. The number of nitrogens with one attached hydrogen (secondary N) is 1. The van der Waals surface area contributed by atoms with E-state index < -0.39 is 22.5 Å². The van der Waals surface area contributed by atoms with Crippen molar-refractivity contribution in [2.75, 3.05) is 26.2 Å². The minimum absolute atomic E-state index is 0.237. The number of hydrogen-bond acceptors (Lipinski definition) is 6. The summed E-state index contributed by atoms with van der Waals surface area (Å²) in [6.07, 6.45) is 0. The van der Waals surface area contributed by atoms with Gasteiger partial charge in [-0.3, -0.25) is 15.0 Å². The van der Waals surface area contributed by atoms with Crippen molar-refractivity contribution in [1.29, 1.82) is 0 Å². The van der Waals surface area contributed by atoms with Crippen molar-refractivity contribution in [3.05, 3.63) is 56.0 Å². The van der Waals surface area contributed by atoms with Gasteiger partial charge in [-0.05, 0) is 11.4 Å². The fourth-order valence-electron chi connectivity index (χ4n) is 2.84. The first kappa shape index (κ1) is 15.9. The Bertz CT molecular complexity index is 702. The molecule has 23 heavy (non-hydrogen) atoms. The molecule has 0 spiro atoms. The molecule has 1 aromatic heterocycles. The maximum absolute atomic E-state index is 14.0. The molecule has 1 fully saturated rings. The number of halogens is 1. The van der Waals surface area contributed by atoms with Gasteiger partial charge in [0.1, 0.15) is 0 Å². The molecule has 2 N–H and O–H groups in total. The van der Waals surface area contributed by atoms with Gasteiger partial charge in [0.25, 0.3) is 5.69 Å². The zero-order valence-corrected chi connectivity index (χ0v) is 13.1. The Morgan fingerprint density at radius 1 is 1.39 bits per heavy atom. The van der Waals surface area contributed by atoms with Crippen LogP contribution in [0.3, 0.4) is 0 Å². The molecule has 1 aliphatic heterocycles. The quantitative estimate of drug-likeness (QED) is 0.662. The van der Waals surface area contributed by atoms with Gasteiger partial charge >= 0.3 is 0 Å². The second-order valence-corrected chi connectivity index (χ2v) is 6.31. The molecule has 0 amide bonds. The zero-order chi connectivity index (χ0) is 16.4. The second kappa shape index (κ2) is 6.61. The van der Waals surface area contributed by atoms with E-state index in [0.717, 1.165) is 24.0 Å². The van der Waals surface area contributed by atoms with Crippen LogP contribution in [0.1, 0.15) is 16.5 Å². The van der Waals surface area contributed by atoms with Crippen LogP contribution in [0.5, 0.6) is 5.75 Å². The lowest BCUT2D eigenvalue weighted by atomic mass is 10.0. The fraction of sp³-hybridized carbons (Fsp3) is 0.333. The smallest absolute Gasteiger partial charge is 0.272 e. The first-order valence-corrected chi connectivity index (χ1v) is 8.11. The highest BCUT2D eigenvalue weighted by Crippen LogP contribution is 2.39. The van der Waals surface area contributed by atoms with Crippen molar-refractivity contribution >= 4 is 17.0 Å². The predicted octanol–water partition coefficient (Wildman–Crippen LogP) is 2.50. The Hall–Kier alpha value is -2.03. The number of rotatable bonds is 4. The van der Waals surface area contributed by atoms with Gasteiger partial charge in [-0.2, -0.15) is 0 Å². The molecule has 0 aliphatic carbocycles. The lowest BCUT2D eigenvalue weighted by Crippen LogP contribution is -2.45. The highest BCUT2D eigenvalue weighted by molar-refractivity contribution is 7.10. The summed E-state index contributed by atoms with van der Waals surface area (Å²) in [5.41, 5.74) is -0.118. The molecule has 0 bridgehead atoms. The third-order valence-electron chi connectivity index (χ3n) is 3.91. The average Bonchev–Trinajstić information content (AvgIpc) is 3.06. The largest absolute Gasteiger partial charge is 0.505 e. The Morgan fingerprint density at radius 3 is 2.74 bits per heavy atom. The van der Waals surface area contributed by atoms with Crippen LogP contribution in [-0.4, -0.2) is 41.1 Å². The Balaban J connectivity index is 2.11. The molecule has 1 saturated heterocycles. The van der Waals surface area contributed by atoms with E-state index in [1.54, 1.807) is 0 Å². The molecular weight excluding hydrogens is 321 g/mol. The summed E-state index contributed by atoms with van der Waals surface area (Å²) in [4.78, 5) is 13.4. The van der Waals surface area contributed by atoms with Crippen molar-refractivity contribution in [2.24, 2.45) is 0 Å². The van der Waals surface area contributed by atoms with Gasteiger partial charge in [0.15, 0.2) is 11.6 Å². The number of phenolic OH excluding ortho intramolecular Hbond substituents is 1. The van der Waals surface area contributed by atoms with Crippen LogP contribution >= 0.6 is 11.3 Å². The average molecular weight is 337 g/mol. The summed E-state index contributed by atoms with van der Waals surface area (Å²) in [6.45, 7) is 2.98. The van der Waals surface area contributed by atoms with Crippen LogP contribution in [-0.2, 0) is 0 Å². The van der Waals surface area contributed by atoms with Crippen LogP contribution in [0, 0.1) is 15.9 Å². The minimum Gasteiger partial charge on any atom is -0.505 e. The number of piperazine rings is 1. The molecule has 0 radical (unpaired) electrons. The number of aromatic hydroxyl groups is 1. The van der Waals surface area contributed by atoms with Crippen molar-refractivity contribution in [1.82, 2.24) is 10.2 Å². The summed E-state index contributed by atoms with van der Waals surface area (Å²) >= 11 is 1.48. The van der Waals surface area contributed by atoms with E-state index in [2.05, 4.69) is 10.2 Å². The molecule has 8 heteroatoms. The number of nitro benzene ring substituents is 1. The van der Waals surface area contributed by atoms with Crippen molar-refractivity contribution in [3.63, 3.8) is 0 Å². The summed E-state index contributed by atoms with van der Waals surface area (Å²) < 4.78 is 14.0. The van der Waals surface area contributed by atoms with Gasteiger partial charge in [-0.15, -0.1) is 11.3 Å². The third-order valence-corrected chi connectivity index (χ3v) is 4.84. The SMILES string of the molecule is O=[N+]([O-])c1cc(F)c(O)c([C@@H](c2cccs2)N2CCNCC2)c1. The van der Waals surface area contributed by atoms with Crippen LogP contribution in [0.2, 0.25) is 0 Å². The molecule has 1 atom stereocenters. The molecule has 1 aliphatic rings. The number of phenols is 1. The molecule has 122 valence electrons. The number of benzene rings is 1. The third kappa shape index (κ3) is 3.19. The maximum atomic E-state index is 14.0. The molecule has 1 aromatic carbocycles. The summed E-state index contributed by atoms with van der Waals surface area (Å²) in [5, 5.41) is 26.3. The second-order valence-electron chi connectivity index (χ2n) is 5.33. The Labute approximate surface area is 136 Å². The van der Waals surface area contributed by atoms with Gasteiger partial charge in [-0.25, -0.2) is 4.39 Å². The minimum atomic E-state index is -0.967. The van der Waals surface area contributed by atoms with E-state index in [0.29, 0.717) is 13.1 Å². The molecule has 6 nitrogen and oxygen atoms in total. The number of thiophene rings is 1. The number of non-ortho nitro benzene ring substituents is 1. The first-order valence-electron chi connectivity index (χ1n) is 7.23. The van der Waals surface area contributed by atoms with Crippen molar-refractivity contribution < 1.29 is 14.4 Å². The number of nitro groups is 1. The van der Waals surface area contributed by atoms with Gasteiger partial charge in [-0.1, -0.05) is 6.07 Å². The lowest BCUT2D eigenvalue weighted by Gasteiger charge is -2.34. The summed E-state index contributed by atoms with van der Waals surface area (Å²) in [6, 6.07) is 5.40. The summed E-state index contributed by atoms with van der Waals surface area (Å²) in [7, 11) is 0. The highest BCUT2D eigenvalue weighted by atomic mass is 32.1. The van der Waals surface area contributed by atoms with Crippen LogP contribution in [0.25, 0.3) is 0 Å². The lowest BCUT2D eigenvalue weighted by molar-refractivity contribution is -0.385. The van der Waals surface area contributed by atoms with Gasteiger partial charge < -0.3 is 10.4 Å². The Morgan fingerprint density at radius 2 is 2.13 bits per heavy atom. The summed E-state index contributed by atoms with van der Waals surface area (Å²) in [5.74, 6) is -1.49. The van der Waals surface area contributed by atoms with Crippen LogP contribution in [0.15, 0.2) is 29.6 Å². The molecule has 2 heterocycles. The zero-order valence-electron chi connectivity index (χ0n) is 12.2. The van der Waals surface area contributed by atoms with E-state index in [-0.39, 0.29) is 11.3 Å². The van der Waals surface area contributed by atoms with E-state index in [9.17, 15) is 19.6 Å². The predicted molar refractivity (Wildman–Crippen MR) is 85.3 cm³/mol. The van der Waals surface area contributed by atoms with E-state index in [1.165, 1.54) is 17.4 Å². The molecule has 0 saturated carbocycles. The van der Waals surface area contributed by atoms with E-state index >= 15 is 0 Å². The van der Waals surface area contributed by atoms with Gasteiger partial charge in [0.05, 0.1) is 17.0 Å². The van der Waals surface area contributed by atoms with Gasteiger partial charge in [0.2, 0.25) is 0 Å². The standard InChI is InChI=1S/C15H16FN3O3S/c16-12-9-10(19(21)22)8-11(15(12)20)14(13-2-1-7-23-13)18-5-3-17-4-6-18/h1-2,7-9,14,17,20H,3-6H2/t14-/m0/s1. The first-order chi connectivity index (χ1) is 11.1. The van der Waals surface area contributed by atoms with Crippen molar-refractivity contribution in [3.8, 4) is 5.75 Å². The van der Waals surface area contributed by atoms with Gasteiger partial charge in [0, 0.05) is 42.7 Å². The topological polar surface area (TPSA) is 78.6 Å². The normalized spacial score (nSPS) is 17.1. The monoisotopic (exact) mass is 337 g/mol. The molecule has 0 unspecified atom stereocenters. The maximum Gasteiger partial charge on any atom is 0.272 e. The van der Waals surface area contributed by atoms with E-state index in [4.69, 9.17) is 0 Å². The number of hydrogen-bond donors (Lipinski definition) is 2. The van der Waals surface area contributed by atoms with Crippen molar-refractivity contribution in [2.45, 2.75) is 6.04 Å². The van der Waals surface area contributed by atoms with Crippen LogP contribution < -0.4 is 5.32 Å².